The largest absolute Gasteiger partial charge is 0.464 e. The zero-order chi connectivity index (χ0) is 14.5. The molecule has 0 saturated carbocycles. The maximum Gasteiger partial charge on any atom is 0.330 e. The molecule has 0 spiro atoms. The Labute approximate surface area is 125 Å². The van der Waals surface area contributed by atoms with E-state index in [1.165, 1.54) is 0 Å². The van der Waals surface area contributed by atoms with Crippen LogP contribution in [0.3, 0.4) is 0 Å². The summed E-state index contributed by atoms with van der Waals surface area (Å²) in [6.07, 6.45) is 0. The van der Waals surface area contributed by atoms with E-state index < -0.39 is 0 Å². The lowest BCUT2D eigenvalue weighted by molar-refractivity contribution is 0.304. The highest BCUT2D eigenvalue weighted by Gasteiger charge is 2.09. The summed E-state index contributed by atoms with van der Waals surface area (Å²) in [6, 6.07) is 4.91. The third-order valence-corrected chi connectivity index (χ3v) is 2.84. The standard InChI is InChI=1S/C11H11Cl2N5O2/c1-2-19-10-15-9(18-14)16-11(17-10)20-6-3-4-7(12)8(13)5-6/h3-5H,2,14H2,1H3,(H,15,16,17,18). The number of ether oxygens (including phenoxy) is 2. The highest BCUT2D eigenvalue weighted by atomic mass is 35.5. The van der Waals surface area contributed by atoms with Gasteiger partial charge >= 0.3 is 12.0 Å². The van der Waals surface area contributed by atoms with Crippen molar-refractivity contribution in [3.8, 4) is 17.8 Å². The van der Waals surface area contributed by atoms with Gasteiger partial charge in [0.05, 0.1) is 16.7 Å². The first-order valence-electron chi connectivity index (χ1n) is 5.60. The number of nitrogen functional groups attached to an aromatic ring is 1. The number of benzene rings is 1. The molecule has 0 fully saturated rings. The number of hydrazine groups is 1. The van der Waals surface area contributed by atoms with Crippen LogP contribution in [0.4, 0.5) is 5.95 Å². The number of aromatic nitrogens is 3. The molecule has 7 nitrogen and oxygen atoms in total. The Morgan fingerprint density at radius 3 is 2.55 bits per heavy atom. The zero-order valence-electron chi connectivity index (χ0n) is 10.4. The molecule has 0 radical (unpaired) electrons. The molecular weight excluding hydrogens is 305 g/mol. The predicted octanol–water partition coefficient (Wildman–Crippen LogP) is 2.66. The van der Waals surface area contributed by atoms with E-state index in [9.17, 15) is 0 Å². The fraction of sp³-hybridized carbons (Fsp3) is 0.182. The SMILES string of the molecule is CCOc1nc(NN)nc(Oc2ccc(Cl)c(Cl)c2)n1. The normalized spacial score (nSPS) is 10.2. The van der Waals surface area contributed by atoms with Gasteiger partial charge < -0.3 is 9.47 Å². The number of hydrogen-bond acceptors (Lipinski definition) is 7. The summed E-state index contributed by atoms with van der Waals surface area (Å²) in [4.78, 5) is 11.8. The van der Waals surface area contributed by atoms with Gasteiger partial charge in [-0.05, 0) is 19.1 Å². The summed E-state index contributed by atoms with van der Waals surface area (Å²) in [5.41, 5.74) is 2.30. The van der Waals surface area contributed by atoms with Crippen LogP contribution in [0.1, 0.15) is 6.92 Å². The Bertz CT molecular complexity index is 611. The lowest BCUT2D eigenvalue weighted by Crippen LogP contribution is -2.12. The van der Waals surface area contributed by atoms with Crippen LogP contribution in [0, 0.1) is 0 Å². The molecule has 9 heteroatoms. The average molecular weight is 316 g/mol. The lowest BCUT2D eigenvalue weighted by Gasteiger charge is -2.08. The van der Waals surface area contributed by atoms with Gasteiger partial charge in [0.1, 0.15) is 5.75 Å². The quantitative estimate of drug-likeness (QED) is 0.646. The van der Waals surface area contributed by atoms with Crippen molar-refractivity contribution in [3.05, 3.63) is 28.2 Å². The second-order valence-corrected chi connectivity index (χ2v) is 4.29. The summed E-state index contributed by atoms with van der Waals surface area (Å²) in [7, 11) is 0. The summed E-state index contributed by atoms with van der Waals surface area (Å²) >= 11 is 11.7. The van der Waals surface area contributed by atoms with Crippen LogP contribution in [-0.4, -0.2) is 21.6 Å². The van der Waals surface area contributed by atoms with Gasteiger partial charge in [0.15, 0.2) is 0 Å². The summed E-state index contributed by atoms with van der Waals surface area (Å²) in [6.45, 7) is 2.21. The van der Waals surface area contributed by atoms with Gasteiger partial charge in [-0.1, -0.05) is 23.2 Å². The fourth-order valence-electron chi connectivity index (χ4n) is 1.29. The maximum atomic E-state index is 5.90. The van der Waals surface area contributed by atoms with E-state index in [1.54, 1.807) is 25.1 Å². The van der Waals surface area contributed by atoms with E-state index in [0.29, 0.717) is 22.4 Å². The fourth-order valence-corrected chi connectivity index (χ4v) is 1.58. The van der Waals surface area contributed by atoms with Gasteiger partial charge in [-0.15, -0.1) is 4.98 Å². The molecule has 0 aliphatic rings. The molecule has 1 aromatic heterocycles. The van der Waals surface area contributed by atoms with Crippen molar-refractivity contribution >= 4 is 29.2 Å². The van der Waals surface area contributed by atoms with Gasteiger partial charge in [-0.3, -0.25) is 5.43 Å². The van der Waals surface area contributed by atoms with Crippen LogP contribution in [-0.2, 0) is 0 Å². The highest BCUT2D eigenvalue weighted by Crippen LogP contribution is 2.28. The highest BCUT2D eigenvalue weighted by molar-refractivity contribution is 6.42. The van der Waals surface area contributed by atoms with Gasteiger partial charge in [0.2, 0.25) is 5.95 Å². The molecule has 0 saturated heterocycles. The molecular formula is C11H11Cl2N5O2. The molecule has 2 rings (SSSR count). The molecule has 1 aromatic carbocycles. The van der Waals surface area contributed by atoms with Crippen molar-refractivity contribution in [1.82, 2.24) is 15.0 Å². The number of hydrogen-bond donors (Lipinski definition) is 2. The number of nitrogens with two attached hydrogens (primary N) is 1. The third-order valence-electron chi connectivity index (χ3n) is 2.10. The van der Waals surface area contributed by atoms with E-state index in [2.05, 4.69) is 20.4 Å². The number of anilines is 1. The third kappa shape index (κ3) is 3.60. The molecule has 3 N–H and O–H groups in total. The summed E-state index contributed by atoms with van der Waals surface area (Å²) < 4.78 is 10.6. The Morgan fingerprint density at radius 1 is 1.15 bits per heavy atom. The second kappa shape index (κ2) is 6.56. The van der Waals surface area contributed by atoms with Crippen LogP contribution >= 0.6 is 23.2 Å². The first-order valence-corrected chi connectivity index (χ1v) is 6.36. The van der Waals surface area contributed by atoms with Crippen LogP contribution in [0.2, 0.25) is 10.0 Å². The monoisotopic (exact) mass is 315 g/mol. The molecule has 106 valence electrons. The Balaban J connectivity index is 2.27. The number of nitrogens with zero attached hydrogens (tertiary/aromatic N) is 3. The molecule has 1 heterocycles. The van der Waals surface area contributed by atoms with Crippen LogP contribution in [0.25, 0.3) is 0 Å². The Hall–Kier alpha value is -1.83. The molecule has 0 unspecified atom stereocenters. The Morgan fingerprint density at radius 2 is 1.90 bits per heavy atom. The topological polar surface area (TPSA) is 95.2 Å². The van der Waals surface area contributed by atoms with Crippen molar-refractivity contribution in [2.24, 2.45) is 5.84 Å². The first-order chi connectivity index (χ1) is 9.62. The number of nitrogens with one attached hydrogen (secondary N) is 1. The minimum atomic E-state index is 0.0230. The van der Waals surface area contributed by atoms with Crippen LogP contribution < -0.4 is 20.7 Å². The number of rotatable bonds is 5. The van der Waals surface area contributed by atoms with E-state index >= 15 is 0 Å². The van der Waals surface area contributed by atoms with Crippen molar-refractivity contribution in [2.75, 3.05) is 12.0 Å². The van der Waals surface area contributed by atoms with Crippen LogP contribution in [0.5, 0.6) is 17.8 Å². The molecule has 0 aliphatic carbocycles. The van der Waals surface area contributed by atoms with Gasteiger partial charge in [-0.2, -0.15) is 9.97 Å². The molecule has 0 atom stereocenters. The molecule has 0 amide bonds. The number of halogens is 2. The second-order valence-electron chi connectivity index (χ2n) is 3.48. The van der Waals surface area contributed by atoms with E-state index in [1.807, 2.05) is 0 Å². The summed E-state index contributed by atoms with van der Waals surface area (Å²) in [5, 5.41) is 0.786. The van der Waals surface area contributed by atoms with Crippen LogP contribution in [0.15, 0.2) is 18.2 Å². The summed E-state index contributed by atoms with van der Waals surface area (Å²) in [5.74, 6) is 5.82. The van der Waals surface area contributed by atoms with Gasteiger partial charge in [0, 0.05) is 6.07 Å². The molecule has 20 heavy (non-hydrogen) atoms. The smallest absolute Gasteiger partial charge is 0.330 e. The minimum absolute atomic E-state index is 0.0230. The maximum absolute atomic E-state index is 5.90. The van der Waals surface area contributed by atoms with Crippen molar-refractivity contribution < 1.29 is 9.47 Å². The van der Waals surface area contributed by atoms with E-state index in [-0.39, 0.29) is 18.0 Å². The minimum Gasteiger partial charge on any atom is -0.464 e. The zero-order valence-corrected chi connectivity index (χ0v) is 11.9. The lowest BCUT2D eigenvalue weighted by atomic mass is 10.3. The van der Waals surface area contributed by atoms with Crippen molar-refractivity contribution in [2.45, 2.75) is 6.92 Å². The van der Waals surface area contributed by atoms with E-state index in [0.717, 1.165) is 0 Å². The molecule has 2 aromatic rings. The van der Waals surface area contributed by atoms with Gasteiger partial charge in [-0.25, -0.2) is 5.84 Å². The average Bonchev–Trinajstić information content (AvgIpc) is 2.43. The predicted molar refractivity (Wildman–Crippen MR) is 75.3 cm³/mol. The molecule has 0 bridgehead atoms. The molecule has 0 aliphatic heterocycles. The van der Waals surface area contributed by atoms with Gasteiger partial charge in [0.25, 0.3) is 0 Å². The first kappa shape index (κ1) is 14.6. The van der Waals surface area contributed by atoms with Crippen molar-refractivity contribution in [1.29, 1.82) is 0 Å². The van der Waals surface area contributed by atoms with E-state index in [4.69, 9.17) is 38.5 Å². The van der Waals surface area contributed by atoms with Crippen molar-refractivity contribution in [3.63, 3.8) is 0 Å². The Kier molecular flexibility index (Phi) is 4.78.